The lowest BCUT2D eigenvalue weighted by atomic mass is 9.91. The molecule has 0 unspecified atom stereocenters. The lowest BCUT2D eigenvalue weighted by Gasteiger charge is -2.40. The molecule has 1 saturated heterocycles. The van der Waals surface area contributed by atoms with Crippen molar-refractivity contribution in [2.45, 2.75) is 12.1 Å². The van der Waals surface area contributed by atoms with Gasteiger partial charge < -0.3 is 15.6 Å². The molecule has 4 rings (SSSR count). The molecule has 0 bridgehead atoms. The zero-order valence-corrected chi connectivity index (χ0v) is 17.0. The number of rotatable bonds is 4. The number of carbonyl (C=O) groups excluding carboxylic acids is 1. The van der Waals surface area contributed by atoms with Crippen LogP contribution in [-0.2, 0) is 0 Å². The maximum absolute atomic E-state index is 12.4. The van der Waals surface area contributed by atoms with E-state index in [2.05, 4.69) is 15.6 Å². The number of anilines is 2. The number of alkyl halides is 3. The summed E-state index contributed by atoms with van der Waals surface area (Å²) in [6.07, 6.45) is -2.54. The molecule has 0 saturated carbocycles. The summed E-state index contributed by atoms with van der Waals surface area (Å²) in [6, 6.07) is 9.86. The van der Waals surface area contributed by atoms with Crippen LogP contribution in [0.4, 0.5) is 29.3 Å². The SMILES string of the molecule is O=C(Nc1ccc(C2CN(CC(F)(F)F)C2)c(Cl)c1)Nc1c[nH]c2ccc(Cl)cc12. The Kier molecular flexibility index (Phi) is 5.57. The highest BCUT2D eigenvalue weighted by Crippen LogP contribution is 2.35. The van der Waals surface area contributed by atoms with Crippen molar-refractivity contribution in [1.82, 2.24) is 9.88 Å². The average Bonchev–Trinajstić information content (AvgIpc) is 3.00. The van der Waals surface area contributed by atoms with E-state index >= 15 is 0 Å². The van der Waals surface area contributed by atoms with E-state index in [1.807, 2.05) is 6.07 Å². The minimum Gasteiger partial charge on any atom is -0.359 e. The molecule has 0 spiro atoms. The number of hydrogen-bond acceptors (Lipinski definition) is 2. The number of aromatic nitrogens is 1. The molecule has 0 atom stereocenters. The normalized spacial score (nSPS) is 15.2. The van der Waals surface area contributed by atoms with Gasteiger partial charge in [0, 0.05) is 51.8 Å². The van der Waals surface area contributed by atoms with E-state index in [1.54, 1.807) is 36.5 Å². The summed E-state index contributed by atoms with van der Waals surface area (Å²) in [6.45, 7) is -0.314. The van der Waals surface area contributed by atoms with Gasteiger partial charge >= 0.3 is 12.2 Å². The predicted molar refractivity (Wildman–Crippen MR) is 113 cm³/mol. The number of urea groups is 1. The number of amides is 2. The van der Waals surface area contributed by atoms with Gasteiger partial charge in [-0.1, -0.05) is 29.3 Å². The van der Waals surface area contributed by atoms with Crippen LogP contribution in [0.25, 0.3) is 10.9 Å². The van der Waals surface area contributed by atoms with Crippen LogP contribution in [-0.4, -0.2) is 41.7 Å². The minimum atomic E-state index is -4.20. The van der Waals surface area contributed by atoms with Gasteiger partial charge in [0.2, 0.25) is 0 Å². The Balaban J connectivity index is 1.38. The van der Waals surface area contributed by atoms with Crippen LogP contribution in [0.1, 0.15) is 11.5 Å². The molecule has 30 heavy (non-hydrogen) atoms. The van der Waals surface area contributed by atoms with Crippen molar-refractivity contribution >= 4 is 51.5 Å². The number of fused-ring (bicyclic) bond motifs is 1. The lowest BCUT2D eigenvalue weighted by molar-refractivity contribution is -0.154. The van der Waals surface area contributed by atoms with E-state index in [9.17, 15) is 18.0 Å². The molecule has 1 aliphatic rings. The molecule has 1 aliphatic heterocycles. The van der Waals surface area contributed by atoms with Crippen LogP contribution in [0.15, 0.2) is 42.6 Å². The second-order valence-corrected chi connectivity index (χ2v) is 8.06. The van der Waals surface area contributed by atoms with Gasteiger partial charge in [-0.05, 0) is 35.9 Å². The molecular weight excluding hydrogens is 440 g/mol. The molecule has 2 amide bonds. The Morgan fingerprint density at radius 1 is 1.13 bits per heavy atom. The van der Waals surface area contributed by atoms with E-state index in [-0.39, 0.29) is 5.92 Å². The molecule has 2 heterocycles. The first-order valence-corrected chi connectivity index (χ1v) is 9.87. The molecule has 10 heteroatoms. The molecule has 3 aromatic rings. The van der Waals surface area contributed by atoms with Gasteiger partial charge in [-0.15, -0.1) is 0 Å². The summed E-state index contributed by atoms with van der Waals surface area (Å²) in [5, 5.41) is 7.19. The second-order valence-electron chi connectivity index (χ2n) is 7.21. The van der Waals surface area contributed by atoms with Crippen molar-refractivity contribution in [3.05, 3.63) is 58.2 Å². The number of aromatic amines is 1. The van der Waals surface area contributed by atoms with Crippen molar-refractivity contribution in [3.63, 3.8) is 0 Å². The average molecular weight is 457 g/mol. The molecule has 1 aromatic heterocycles. The van der Waals surface area contributed by atoms with Crippen LogP contribution < -0.4 is 10.6 Å². The zero-order chi connectivity index (χ0) is 21.5. The van der Waals surface area contributed by atoms with Crippen molar-refractivity contribution in [2.75, 3.05) is 30.3 Å². The Hall–Kier alpha value is -2.42. The fraction of sp³-hybridized carbons (Fsp3) is 0.250. The number of benzene rings is 2. The Morgan fingerprint density at radius 3 is 2.60 bits per heavy atom. The van der Waals surface area contributed by atoms with Crippen LogP contribution in [0.2, 0.25) is 10.0 Å². The lowest BCUT2D eigenvalue weighted by Crippen LogP contribution is -2.49. The first kappa shape index (κ1) is 20.8. The highest BCUT2D eigenvalue weighted by atomic mass is 35.5. The zero-order valence-electron chi connectivity index (χ0n) is 15.5. The summed E-state index contributed by atoms with van der Waals surface area (Å²) in [5.41, 5.74) is 2.66. The highest BCUT2D eigenvalue weighted by Gasteiger charge is 2.38. The number of nitrogens with zero attached hydrogens (tertiary/aromatic N) is 1. The number of hydrogen-bond donors (Lipinski definition) is 3. The number of likely N-dealkylation sites (tertiary alicyclic amines) is 1. The molecule has 3 N–H and O–H groups in total. The number of nitrogens with one attached hydrogen (secondary N) is 3. The number of halogens is 5. The van der Waals surface area contributed by atoms with Gasteiger partial charge in [0.05, 0.1) is 12.2 Å². The molecule has 0 aliphatic carbocycles. The molecule has 158 valence electrons. The van der Waals surface area contributed by atoms with Gasteiger partial charge in [-0.3, -0.25) is 4.90 Å². The summed E-state index contributed by atoms with van der Waals surface area (Å²) in [4.78, 5) is 16.7. The minimum absolute atomic E-state index is 0.0568. The molecular formula is C20H17Cl2F3N4O. The molecule has 5 nitrogen and oxygen atoms in total. The van der Waals surface area contributed by atoms with E-state index in [1.165, 1.54) is 4.90 Å². The highest BCUT2D eigenvalue weighted by molar-refractivity contribution is 6.32. The maximum atomic E-state index is 12.4. The monoisotopic (exact) mass is 456 g/mol. The van der Waals surface area contributed by atoms with Gasteiger partial charge in [0.15, 0.2) is 0 Å². The first-order chi connectivity index (χ1) is 14.2. The summed E-state index contributed by atoms with van der Waals surface area (Å²) >= 11 is 12.3. The fourth-order valence-corrected chi connectivity index (χ4v) is 4.07. The van der Waals surface area contributed by atoms with Crippen molar-refractivity contribution in [3.8, 4) is 0 Å². The van der Waals surface area contributed by atoms with Crippen molar-refractivity contribution in [2.24, 2.45) is 0 Å². The van der Waals surface area contributed by atoms with Crippen LogP contribution >= 0.6 is 23.2 Å². The Bertz CT molecular complexity index is 1090. The Morgan fingerprint density at radius 2 is 1.90 bits per heavy atom. The largest absolute Gasteiger partial charge is 0.401 e. The number of carbonyl (C=O) groups is 1. The second kappa shape index (κ2) is 8.02. The van der Waals surface area contributed by atoms with Gasteiger partial charge in [-0.25, -0.2) is 4.79 Å². The van der Waals surface area contributed by atoms with Crippen molar-refractivity contribution < 1.29 is 18.0 Å². The van der Waals surface area contributed by atoms with Crippen LogP contribution in [0, 0.1) is 0 Å². The van der Waals surface area contributed by atoms with E-state index in [0.29, 0.717) is 34.5 Å². The number of H-pyrrole nitrogens is 1. The molecule has 2 aromatic carbocycles. The summed E-state index contributed by atoms with van der Waals surface area (Å²) in [5.74, 6) is -0.0568. The summed E-state index contributed by atoms with van der Waals surface area (Å²) < 4.78 is 37.3. The maximum Gasteiger partial charge on any atom is 0.401 e. The van der Waals surface area contributed by atoms with E-state index in [4.69, 9.17) is 23.2 Å². The van der Waals surface area contributed by atoms with Crippen molar-refractivity contribution in [1.29, 1.82) is 0 Å². The van der Waals surface area contributed by atoms with Gasteiger partial charge in [0.25, 0.3) is 0 Å². The standard InChI is InChI=1S/C20H17Cl2F3N4O/c21-12-1-4-17-15(5-12)18(7-26-17)28-19(30)27-13-2-3-14(16(22)6-13)11-8-29(9-11)10-20(23,24)25/h1-7,11,26H,8-10H2,(H2,27,28,30). The Labute approximate surface area is 180 Å². The van der Waals surface area contributed by atoms with Crippen LogP contribution in [0.5, 0.6) is 0 Å². The molecule has 1 fully saturated rings. The fourth-order valence-electron chi connectivity index (χ4n) is 3.57. The third kappa shape index (κ3) is 4.66. The first-order valence-electron chi connectivity index (χ1n) is 9.11. The van der Waals surface area contributed by atoms with E-state index in [0.717, 1.165) is 16.5 Å². The third-order valence-electron chi connectivity index (χ3n) is 4.95. The van der Waals surface area contributed by atoms with Crippen LogP contribution in [0.3, 0.4) is 0 Å². The van der Waals surface area contributed by atoms with Gasteiger partial charge in [0.1, 0.15) is 0 Å². The quantitative estimate of drug-likeness (QED) is 0.445. The predicted octanol–water partition coefficient (Wildman–Crippen LogP) is 6.08. The smallest absolute Gasteiger partial charge is 0.359 e. The molecule has 0 radical (unpaired) electrons. The topological polar surface area (TPSA) is 60.2 Å². The van der Waals surface area contributed by atoms with E-state index < -0.39 is 18.8 Å². The summed E-state index contributed by atoms with van der Waals surface area (Å²) in [7, 11) is 0. The van der Waals surface area contributed by atoms with Gasteiger partial charge in [-0.2, -0.15) is 13.2 Å². The third-order valence-corrected chi connectivity index (χ3v) is 5.51.